The highest BCUT2D eigenvalue weighted by molar-refractivity contribution is 8.15. The quantitative estimate of drug-likeness (QED) is 0.767. The van der Waals surface area contributed by atoms with E-state index in [2.05, 4.69) is 11.2 Å². The number of rotatable bonds is 2. The summed E-state index contributed by atoms with van der Waals surface area (Å²) in [5, 5.41) is 6.54. The zero-order chi connectivity index (χ0) is 20.9. The maximum Gasteiger partial charge on any atom is 0.247 e. The minimum atomic E-state index is -0.707. The second-order valence-electron chi connectivity index (χ2n) is 8.33. The van der Waals surface area contributed by atoms with Gasteiger partial charge in [0.2, 0.25) is 5.91 Å². The van der Waals surface area contributed by atoms with E-state index in [4.69, 9.17) is 5.73 Å². The highest BCUT2D eigenvalue weighted by Crippen LogP contribution is 2.55. The van der Waals surface area contributed by atoms with Crippen molar-refractivity contribution in [1.29, 1.82) is 0 Å². The van der Waals surface area contributed by atoms with Gasteiger partial charge in [0.05, 0.1) is 0 Å². The Morgan fingerprint density at radius 3 is 2.70 bits per heavy atom. The Kier molecular flexibility index (Phi) is 4.90. The van der Waals surface area contributed by atoms with Gasteiger partial charge >= 0.3 is 0 Å². The van der Waals surface area contributed by atoms with Crippen molar-refractivity contribution in [2.45, 2.75) is 49.4 Å². The molecule has 7 heteroatoms. The summed E-state index contributed by atoms with van der Waals surface area (Å²) in [5.74, 6) is -1.25. The van der Waals surface area contributed by atoms with Gasteiger partial charge in [-0.15, -0.1) is 0 Å². The molecule has 2 N–H and O–H groups in total. The predicted octanol–water partition coefficient (Wildman–Crippen LogP) is 4.52. The average Bonchev–Trinajstić information content (AvgIpc) is 3.32. The van der Waals surface area contributed by atoms with E-state index in [9.17, 15) is 13.6 Å². The molecule has 1 unspecified atom stereocenters. The summed E-state index contributed by atoms with van der Waals surface area (Å²) in [6.45, 7) is 0. The molecule has 0 radical (unpaired) electrons. The van der Waals surface area contributed by atoms with E-state index >= 15 is 0 Å². The molecular weight excluding hydrogens is 404 g/mol. The molecule has 5 rings (SSSR count). The molecule has 1 atom stereocenters. The molecule has 1 heterocycles. The fourth-order valence-electron chi connectivity index (χ4n) is 4.82. The topological polar surface area (TPSA) is 58.7 Å². The van der Waals surface area contributed by atoms with Crippen molar-refractivity contribution < 1.29 is 13.6 Å². The molecule has 0 bridgehead atoms. The second kappa shape index (κ2) is 7.46. The van der Waals surface area contributed by atoms with Crippen molar-refractivity contribution >= 4 is 22.7 Å². The lowest BCUT2D eigenvalue weighted by atomic mass is 9.85. The van der Waals surface area contributed by atoms with Crippen LogP contribution in [0.15, 0.2) is 47.6 Å². The summed E-state index contributed by atoms with van der Waals surface area (Å²) in [6.07, 6.45) is 4.61. The third-order valence-corrected chi connectivity index (χ3v) is 7.89. The van der Waals surface area contributed by atoms with E-state index in [0.717, 1.165) is 55.9 Å². The Bertz CT molecular complexity index is 1030. The number of hydrogen-bond donors (Lipinski definition) is 1. The maximum absolute atomic E-state index is 14.5. The summed E-state index contributed by atoms with van der Waals surface area (Å²) in [7, 11) is 0. The van der Waals surface area contributed by atoms with Crippen LogP contribution in [0.2, 0.25) is 0 Å². The summed E-state index contributed by atoms with van der Waals surface area (Å²) in [6, 6.07) is 11.5. The smallest absolute Gasteiger partial charge is 0.247 e. The zero-order valence-electron chi connectivity index (χ0n) is 16.5. The largest absolute Gasteiger partial charge is 0.328 e. The van der Waals surface area contributed by atoms with Crippen LogP contribution >= 0.6 is 11.8 Å². The number of hydrazone groups is 1. The SMILES string of the molecule is NC1CCC(C(=O)N2N=C(c3cc(F)ccc3F)SC23CCc2ccccc23)CC1. The van der Waals surface area contributed by atoms with Gasteiger partial charge in [-0.2, -0.15) is 5.10 Å². The number of amides is 1. The number of halogens is 2. The number of carbonyl (C=O) groups excluding carboxylic acids is 1. The Balaban J connectivity index is 1.57. The number of hydrogen-bond acceptors (Lipinski definition) is 4. The number of nitrogens with two attached hydrogens (primary N) is 1. The molecule has 1 amide bonds. The molecule has 0 aromatic heterocycles. The van der Waals surface area contributed by atoms with E-state index in [1.54, 1.807) is 5.01 Å². The highest BCUT2D eigenvalue weighted by atomic mass is 32.2. The predicted molar refractivity (Wildman–Crippen MR) is 114 cm³/mol. The van der Waals surface area contributed by atoms with Crippen LogP contribution in [0.4, 0.5) is 8.78 Å². The van der Waals surface area contributed by atoms with Gasteiger partial charge in [-0.1, -0.05) is 36.0 Å². The van der Waals surface area contributed by atoms with Crippen LogP contribution in [0, 0.1) is 17.6 Å². The number of fused-ring (bicyclic) bond motifs is 2. The first kappa shape index (κ1) is 19.7. The van der Waals surface area contributed by atoms with E-state index in [1.807, 2.05) is 18.2 Å². The highest BCUT2D eigenvalue weighted by Gasteiger charge is 2.53. The van der Waals surface area contributed by atoms with Gasteiger partial charge in [-0.25, -0.2) is 13.8 Å². The molecule has 0 saturated heterocycles. The summed E-state index contributed by atoms with van der Waals surface area (Å²) < 4.78 is 28.4. The monoisotopic (exact) mass is 427 g/mol. The molecule has 3 aliphatic rings. The molecule has 1 fully saturated rings. The Hall–Kier alpha value is -2.25. The molecule has 156 valence electrons. The standard InChI is InChI=1S/C23H23F2N3OS/c24-16-7-10-20(25)18(13-16)21-27-28(22(29)15-5-8-17(26)9-6-15)23(30-21)12-11-14-3-1-2-4-19(14)23/h1-4,7,10,13,15,17H,5-6,8-9,11-12,26H2. The van der Waals surface area contributed by atoms with Crippen molar-refractivity contribution in [2.75, 3.05) is 0 Å². The lowest BCUT2D eigenvalue weighted by Crippen LogP contribution is -2.44. The number of benzene rings is 2. The van der Waals surface area contributed by atoms with E-state index in [-0.39, 0.29) is 23.4 Å². The Labute approximate surface area is 178 Å². The van der Waals surface area contributed by atoms with Crippen LogP contribution < -0.4 is 5.73 Å². The number of thioether (sulfide) groups is 1. The summed E-state index contributed by atoms with van der Waals surface area (Å²) >= 11 is 1.36. The maximum atomic E-state index is 14.5. The van der Waals surface area contributed by atoms with Crippen molar-refractivity contribution in [3.05, 3.63) is 70.8 Å². The van der Waals surface area contributed by atoms with Crippen molar-refractivity contribution in [2.24, 2.45) is 16.8 Å². The Morgan fingerprint density at radius 1 is 1.13 bits per heavy atom. The first-order chi connectivity index (χ1) is 14.5. The fourth-order valence-corrected chi connectivity index (χ4v) is 6.26. The number of nitrogens with zero attached hydrogens (tertiary/aromatic N) is 2. The lowest BCUT2D eigenvalue weighted by Gasteiger charge is -2.36. The minimum absolute atomic E-state index is 0.0436. The van der Waals surface area contributed by atoms with E-state index in [0.29, 0.717) is 11.5 Å². The molecule has 2 aromatic rings. The molecule has 1 aliphatic heterocycles. The summed E-state index contributed by atoms with van der Waals surface area (Å²) in [4.78, 5) is 12.9. The average molecular weight is 428 g/mol. The molecule has 1 saturated carbocycles. The van der Waals surface area contributed by atoms with Gasteiger partial charge in [-0.05, 0) is 67.9 Å². The van der Waals surface area contributed by atoms with Gasteiger partial charge in [0, 0.05) is 17.5 Å². The van der Waals surface area contributed by atoms with Gasteiger partial charge in [0.25, 0.3) is 0 Å². The third kappa shape index (κ3) is 3.15. The van der Waals surface area contributed by atoms with Crippen molar-refractivity contribution in [3.8, 4) is 0 Å². The first-order valence-corrected chi connectivity index (χ1v) is 11.2. The van der Waals surface area contributed by atoms with E-state index in [1.165, 1.54) is 17.3 Å². The normalized spacial score (nSPS) is 28.0. The molecule has 2 aliphatic carbocycles. The molecular formula is C23H23F2N3OS. The third-order valence-electron chi connectivity index (χ3n) is 6.46. The molecule has 4 nitrogen and oxygen atoms in total. The Morgan fingerprint density at radius 2 is 1.90 bits per heavy atom. The number of carbonyl (C=O) groups is 1. The molecule has 2 aromatic carbocycles. The van der Waals surface area contributed by atoms with E-state index < -0.39 is 16.5 Å². The van der Waals surface area contributed by atoms with Crippen LogP contribution in [-0.4, -0.2) is 22.0 Å². The number of aryl methyl sites for hydroxylation is 1. The van der Waals surface area contributed by atoms with Gasteiger partial charge in [-0.3, -0.25) is 4.79 Å². The van der Waals surface area contributed by atoms with Crippen LogP contribution in [0.1, 0.15) is 48.8 Å². The van der Waals surface area contributed by atoms with Gasteiger partial charge in [0.15, 0.2) is 0 Å². The van der Waals surface area contributed by atoms with Crippen LogP contribution in [-0.2, 0) is 16.1 Å². The first-order valence-electron chi connectivity index (χ1n) is 10.4. The fraction of sp³-hybridized carbons (Fsp3) is 0.391. The lowest BCUT2D eigenvalue weighted by molar-refractivity contribution is -0.140. The minimum Gasteiger partial charge on any atom is -0.328 e. The second-order valence-corrected chi connectivity index (χ2v) is 9.60. The van der Waals surface area contributed by atoms with Crippen LogP contribution in [0.5, 0.6) is 0 Å². The van der Waals surface area contributed by atoms with Crippen LogP contribution in [0.25, 0.3) is 0 Å². The molecule has 30 heavy (non-hydrogen) atoms. The summed E-state index contributed by atoms with van der Waals surface area (Å²) in [5.41, 5.74) is 8.33. The van der Waals surface area contributed by atoms with Gasteiger partial charge in [0.1, 0.15) is 21.5 Å². The zero-order valence-corrected chi connectivity index (χ0v) is 17.3. The van der Waals surface area contributed by atoms with Crippen molar-refractivity contribution in [1.82, 2.24) is 5.01 Å². The van der Waals surface area contributed by atoms with Crippen LogP contribution in [0.3, 0.4) is 0 Å². The van der Waals surface area contributed by atoms with Gasteiger partial charge < -0.3 is 5.73 Å². The molecule has 1 spiro atoms. The van der Waals surface area contributed by atoms with Crippen molar-refractivity contribution in [3.63, 3.8) is 0 Å².